The third-order valence-corrected chi connectivity index (χ3v) is 3.23. The fourth-order valence-corrected chi connectivity index (χ4v) is 2.33. The lowest BCUT2D eigenvalue weighted by Gasteiger charge is -2.27. The molecule has 0 nitrogen and oxygen atoms in total. The Morgan fingerprint density at radius 2 is 1.31 bits per heavy atom. The van der Waals surface area contributed by atoms with Gasteiger partial charge in [-0.05, 0) is 31.1 Å². The Morgan fingerprint density at radius 3 is 1.77 bits per heavy atom. The van der Waals surface area contributed by atoms with Crippen molar-refractivity contribution in [1.29, 1.82) is 0 Å². The Kier molecular flexibility index (Phi) is 5.33. The lowest BCUT2D eigenvalue weighted by molar-refractivity contribution is 0.232. The fraction of sp³-hybridized carbons (Fsp3) is 1.00. The van der Waals surface area contributed by atoms with Gasteiger partial charge in [-0.1, -0.05) is 25.7 Å². The van der Waals surface area contributed by atoms with Gasteiger partial charge in [-0.2, -0.15) is 0 Å². The summed E-state index contributed by atoms with van der Waals surface area (Å²) >= 11 is 0. The predicted molar refractivity (Wildman–Crippen MR) is 51.2 cm³/mol. The Morgan fingerprint density at radius 1 is 0.769 bits per heavy atom. The molecule has 1 rings (SSSR count). The number of alkyl halides is 2. The first-order valence-electron chi connectivity index (χ1n) is 5.48. The first-order valence-corrected chi connectivity index (χ1v) is 5.48. The minimum Gasteiger partial charge on any atom is -0.251 e. The maximum absolute atomic E-state index is 12.0. The number of hydrogen-bond donors (Lipinski definition) is 0. The largest absolute Gasteiger partial charge is 0.251 e. The summed E-state index contributed by atoms with van der Waals surface area (Å²) in [5.74, 6) is 1.35. The van der Waals surface area contributed by atoms with Crippen molar-refractivity contribution in [3.05, 3.63) is 0 Å². The van der Waals surface area contributed by atoms with E-state index in [9.17, 15) is 8.78 Å². The van der Waals surface area contributed by atoms with Gasteiger partial charge in [0, 0.05) is 0 Å². The number of hydrogen-bond acceptors (Lipinski definition) is 0. The van der Waals surface area contributed by atoms with Crippen LogP contribution in [0.3, 0.4) is 0 Å². The Labute approximate surface area is 79.7 Å². The molecule has 13 heavy (non-hydrogen) atoms. The van der Waals surface area contributed by atoms with Crippen LogP contribution >= 0.6 is 0 Å². The monoisotopic (exact) mass is 190 g/mol. The lowest BCUT2D eigenvalue weighted by Crippen LogP contribution is -2.15. The molecule has 1 saturated carbocycles. The summed E-state index contributed by atoms with van der Waals surface area (Å²) < 4.78 is 23.9. The molecule has 1 aliphatic carbocycles. The minimum atomic E-state index is -0.176. The van der Waals surface area contributed by atoms with E-state index in [1.54, 1.807) is 0 Å². The highest BCUT2D eigenvalue weighted by atomic mass is 19.1. The van der Waals surface area contributed by atoms with E-state index in [1.165, 1.54) is 25.7 Å². The summed E-state index contributed by atoms with van der Waals surface area (Å²) in [5, 5.41) is 0. The third-order valence-electron chi connectivity index (χ3n) is 3.23. The third kappa shape index (κ3) is 4.06. The first-order chi connectivity index (χ1) is 6.36. The van der Waals surface area contributed by atoms with Gasteiger partial charge in [0.1, 0.15) is 0 Å². The van der Waals surface area contributed by atoms with Crippen LogP contribution in [0.2, 0.25) is 0 Å². The molecule has 0 unspecified atom stereocenters. The molecule has 0 aromatic heterocycles. The van der Waals surface area contributed by atoms with Gasteiger partial charge in [0.05, 0.1) is 13.3 Å². The standard InChI is InChI=1S/C11H20F2/c12-8-1-2-10-3-5-11(6-4-10)7-9-13/h10-11H,1-9H2. The van der Waals surface area contributed by atoms with Gasteiger partial charge in [0.25, 0.3) is 0 Å². The van der Waals surface area contributed by atoms with Crippen molar-refractivity contribution < 1.29 is 8.78 Å². The molecule has 78 valence electrons. The molecule has 0 amide bonds. The first kappa shape index (κ1) is 10.9. The molecule has 1 aliphatic rings. The average Bonchev–Trinajstić information content (AvgIpc) is 2.17. The van der Waals surface area contributed by atoms with Gasteiger partial charge in [-0.25, -0.2) is 0 Å². The van der Waals surface area contributed by atoms with Crippen LogP contribution in [0.25, 0.3) is 0 Å². The van der Waals surface area contributed by atoms with Gasteiger partial charge in [-0.15, -0.1) is 0 Å². The van der Waals surface area contributed by atoms with Crippen LogP contribution in [0.5, 0.6) is 0 Å². The second-order valence-corrected chi connectivity index (χ2v) is 4.20. The maximum atomic E-state index is 12.0. The maximum Gasteiger partial charge on any atom is 0.0897 e. The van der Waals surface area contributed by atoms with E-state index in [2.05, 4.69) is 0 Å². The smallest absolute Gasteiger partial charge is 0.0897 e. The van der Waals surface area contributed by atoms with E-state index in [0.717, 1.165) is 25.2 Å². The lowest BCUT2D eigenvalue weighted by atomic mass is 9.79. The molecule has 0 spiro atoms. The molecule has 0 heterocycles. The molecule has 0 radical (unpaired) electrons. The Balaban J connectivity index is 2.08. The van der Waals surface area contributed by atoms with Crippen molar-refractivity contribution in [2.24, 2.45) is 11.8 Å². The average molecular weight is 190 g/mol. The summed E-state index contributed by atoms with van der Waals surface area (Å²) in [6.45, 7) is -0.343. The van der Waals surface area contributed by atoms with E-state index in [0.29, 0.717) is 5.92 Å². The van der Waals surface area contributed by atoms with Gasteiger partial charge in [0.2, 0.25) is 0 Å². The molecule has 2 heteroatoms. The number of rotatable bonds is 5. The van der Waals surface area contributed by atoms with E-state index in [4.69, 9.17) is 0 Å². The molecule has 0 saturated heterocycles. The van der Waals surface area contributed by atoms with Crippen LogP contribution in [0, 0.1) is 11.8 Å². The quantitative estimate of drug-likeness (QED) is 0.616. The summed E-state index contributed by atoms with van der Waals surface area (Å²) in [6, 6.07) is 0. The van der Waals surface area contributed by atoms with E-state index in [-0.39, 0.29) is 13.3 Å². The zero-order valence-electron chi connectivity index (χ0n) is 8.27. The van der Waals surface area contributed by atoms with Crippen molar-refractivity contribution in [2.75, 3.05) is 13.3 Å². The normalized spacial score (nSPS) is 29.1. The molecular formula is C11H20F2. The molecule has 0 N–H and O–H groups in total. The number of halogens is 2. The van der Waals surface area contributed by atoms with Crippen molar-refractivity contribution in [3.8, 4) is 0 Å². The Bertz CT molecular complexity index is 117. The van der Waals surface area contributed by atoms with E-state index in [1.807, 2.05) is 0 Å². The Hall–Kier alpha value is -0.140. The van der Waals surface area contributed by atoms with Crippen LogP contribution in [0.15, 0.2) is 0 Å². The van der Waals surface area contributed by atoms with Crippen molar-refractivity contribution in [2.45, 2.75) is 44.9 Å². The molecule has 0 atom stereocenters. The predicted octanol–water partition coefficient (Wildman–Crippen LogP) is 3.90. The second kappa shape index (κ2) is 6.33. The van der Waals surface area contributed by atoms with Crippen molar-refractivity contribution in [3.63, 3.8) is 0 Å². The molecule has 1 fully saturated rings. The minimum absolute atomic E-state index is 0.167. The summed E-state index contributed by atoms with van der Waals surface area (Å²) in [5.41, 5.74) is 0. The van der Waals surface area contributed by atoms with Crippen molar-refractivity contribution >= 4 is 0 Å². The molecular weight excluding hydrogens is 170 g/mol. The highest BCUT2D eigenvalue weighted by Gasteiger charge is 2.20. The highest BCUT2D eigenvalue weighted by molar-refractivity contribution is 4.72. The highest BCUT2D eigenvalue weighted by Crippen LogP contribution is 2.33. The zero-order chi connectivity index (χ0) is 9.52. The van der Waals surface area contributed by atoms with Gasteiger partial charge in [-0.3, -0.25) is 8.78 Å². The summed E-state index contributed by atoms with van der Waals surface area (Å²) in [7, 11) is 0. The second-order valence-electron chi connectivity index (χ2n) is 4.20. The van der Waals surface area contributed by atoms with Crippen LogP contribution in [-0.2, 0) is 0 Å². The van der Waals surface area contributed by atoms with Crippen LogP contribution in [0.1, 0.15) is 44.9 Å². The van der Waals surface area contributed by atoms with Gasteiger partial charge >= 0.3 is 0 Å². The van der Waals surface area contributed by atoms with Gasteiger partial charge < -0.3 is 0 Å². The molecule has 0 aliphatic heterocycles. The van der Waals surface area contributed by atoms with Gasteiger partial charge in [0.15, 0.2) is 0 Å². The van der Waals surface area contributed by atoms with Crippen molar-refractivity contribution in [1.82, 2.24) is 0 Å². The van der Waals surface area contributed by atoms with Crippen LogP contribution in [0.4, 0.5) is 8.78 Å². The summed E-state index contributed by atoms with van der Waals surface area (Å²) in [4.78, 5) is 0. The fourth-order valence-electron chi connectivity index (χ4n) is 2.33. The summed E-state index contributed by atoms with van der Waals surface area (Å²) in [6.07, 6.45) is 7.24. The molecule has 0 aromatic carbocycles. The molecule has 0 bridgehead atoms. The van der Waals surface area contributed by atoms with Crippen LogP contribution < -0.4 is 0 Å². The van der Waals surface area contributed by atoms with Crippen LogP contribution in [-0.4, -0.2) is 13.3 Å². The van der Waals surface area contributed by atoms with E-state index < -0.39 is 0 Å². The SMILES string of the molecule is FCCCC1CCC(CCF)CC1. The topological polar surface area (TPSA) is 0 Å². The molecule has 0 aromatic rings. The zero-order valence-corrected chi connectivity index (χ0v) is 8.27. The van der Waals surface area contributed by atoms with E-state index >= 15 is 0 Å².